The maximum Gasteiger partial charge on any atom is 0.234 e. The number of rotatable bonds is 6. The van der Waals surface area contributed by atoms with Crippen LogP contribution in [0.2, 0.25) is 4.34 Å². The summed E-state index contributed by atoms with van der Waals surface area (Å²) in [5.74, 6) is 0.0658. The third kappa shape index (κ3) is 5.48. The van der Waals surface area contributed by atoms with Gasteiger partial charge < -0.3 is 15.4 Å². The van der Waals surface area contributed by atoms with Crippen molar-refractivity contribution in [1.82, 2.24) is 10.6 Å². The monoisotopic (exact) mass is 302 g/mol. The highest BCUT2D eigenvalue weighted by atomic mass is 35.5. The van der Waals surface area contributed by atoms with Gasteiger partial charge in [-0.05, 0) is 31.4 Å². The second-order valence-corrected chi connectivity index (χ2v) is 6.39. The molecule has 0 aromatic carbocycles. The van der Waals surface area contributed by atoms with Crippen LogP contribution in [0.25, 0.3) is 0 Å². The fraction of sp³-hybridized carbons (Fsp3) is 0.615. The predicted octanol–water partition coefficient (Wildman–Crippen LogP) is 1.83. The van der Waals surface area contributed by atoms with Gasteiger partial charge in [-0.2, -0.15) is 0 Å². The minimum Gasteiger partial charge on any atom is -0.381 e. The first kappa shape index (κ1) is 14.8. The smallest absolute Gasteiger partial charge is 0.234 e. The highest BCUT2D eigenvalue weighted by Crippen LogP contribution is 2.21. The highest BCUT2D eigenvalue weighted by molar-refractivity contribution is 7.16. The molecule has 0 aliphatic carbocycles. The number of thiophene rings is 1. The predicted molar refractivity (Wildman–Crippen MR) is 77.9 cm³/mol. The van der Waals surface area contributed by atoms with E-state index in [1.165, 1.54) is 4.88 Å². The van der Waals surface area contributed by atoms with Gasteiger partial charge in [0.25, 0.3) is 0 Å². The van der Waals surface area contributed by atoms with Crippen molar-refractivity contribution in [3.8, 4) is 0 Å². The third-order valence-corrected chi connectivity index (χ3v) is 4.34. The Labute approximate surface area is 122 Å². The van der Waals surface area contributed by atoms with Crippen LogP contribution in [-0.2, 0) is 16.0 Å². The van der Waals surface area contributed by atoms with Gasteiger partial charge in [-0.3, -0.25) is 4.79 Å². The van der Waals surface area contributed by atoms with E-state index >= 15 is 0 Å². The second kappa shape index (κ2) is 7.85. The van der Waals surface area contributed by atoms with Crippen molar-refractivity contribution in [1.29, 1.82) is 0 Å². The Morgan fingerprint density at radius 3 is 2.89 bits per heavy atom. The van der Waals surface area contributed by atoms with E-state index in [2.05, 4.69) is 10.6 Å². The van der Waals surface area contributed by atoms with Crippen molar-refractivity contribution in [2.45, 2.75) is 25.3 Å². The number of nitrogens with one attached hydrogen (secondary N) is 2. The van der Waals surface area contributed by atoms with Crippen molar-refractivity contribution in [3.05, 3.63) is 21.3 Å². The van der Waals surface area contributed by atoms with Gasteiger partial charge >= 0.3 is 0 Å². The van der Waals surface area contributed by atoms with Crippen LogP contribution in [0.1, 0.15) is 17.7 Å². The molecule has 0 saturated carbocycles. The van der Waals surface area contributed by atoms with Crippen molar-refractivity contribution < 1.29 is 9.53 Å². The van der Waals surface area contributed by atoms with Crippen molar-refractivity contribution in [2.24, 2.45) is 0 Å². The molecular weight excluding hydrogens is 284 g/mol. The lowest BCUT2D eigenvalue weighted by molar-refractivity contribution is -0.121. The Hall–Kier alpha value is -0.620. The number of halogens is 1. The molecule has 0 bridgehead atoms. The first-order chi connectivity index (χ1) is 9.24. The summed E-state index contributed by atoms with van der Waals surface area (Å²) < 4.78 is 6.07. The van der Waals surface area contributed by atoms with Crippen molar-refractivity contribution in [2.75, 3.05) is 26.3 Å². The van der Waals surface area contributed by atoms with E-state index in [4.69, 9.17) is 16.3 Å². The van der Waals surface area contributed by atoms with Crippen LogP contribution in [0.5, 0.6) is 0 Å². The molecule has 106 valence electrons. The molecule has 1 saturated heterocycles. The molecule has 19 heavy (non-hydrogen) atoms. The average molecular weight is 303 g/mol. The van der Waals surface area contributed by atoms with Crippen LogP contribution in [0, 0.1) is 0 Å². The van der Waals surface area contributed by atoms with Crippen LogP contribution < -0.4 is 10.6 Å². The second-order valence-electron chi connectivity index (χ2n) is 4.59. The fourth-order valence-corrected chi connectivity index (χ4v) is 3.11. The largest absolute Gasteiger partial charge is 0.381 e. The number of carbonyl (C=O) groups excluding carboxylic acids is 1. The Balaban J connectivity index is 1.56. The van der Waals surface area contributed by atoms with E-state index in [-0.39, 0.29) is 11.9 Å². The van der Waals surface area contributed by atoms with Crippen LogP contribution in [0.15, 0.2) is 12.1 Å². The number of amides is 1. The van der Waals surface area contributed by atoms with E-state index < -0.39 is 0 Å². The molecule has 1 aliphatic rings. The molecule has 0 radical (unpaired) electrons. The molecule has 1 fully saturated rings. The molecular formula is C13H19ClN2O2S. The Kier molecular flexibility index (Phi) is 6.10. The zero-order valence-electron chi connectivity index (χ0n) is 10.8. The first-order valence-corrected chi connectivity index (χ1v) is 7.75. The summed E-state index contributed by atoms with van der Waals surface area (Å²) in [5, 5.41) is 6.17. The zero-order valence-corrected chi connectivity index (χ0v) is 12.4. The topological polar surface area (TPSA) is 50.4 Å². The van der Waals surface area contributed by atoms with E-state index in [9.17, 15) is 4.79 Å². The van der Waals surface area contributed by atoms with Crippen LogP contribution in [0.3, 0.4) is 0 Å². The maximum atomic E-state index is 11.7. The van der Waals surface area contributed by atoms with Gasteiger partial charge in [0.1, 0.15) is 0 Å². The molecule has 0 spiro atoms. The molecule has 1 aromatic rings. The highest BCUT2D eigenvalue weighted by Gasteiger charge is 2.15. The molecule has 1 amide bonds. The van der Waals surface area contributed by atoms with Gasteiger partial charge in [-0.25, -0.2) is 0 Å². The van der Waals surface area contributed by atoms with E-state index in [0.717, 1.165) is 43.4 Å². The van der Waals surface area contributed by atoms with Crippen LogP contribution in [-0.4, -0.2) is 38.3 Å². The molecule has 2 heterocycles. The Bertz CT molecular complexity index is 405. The summed E-state index contributed by atoms with van der Waals surface area (Å²) in [5.41, 5.74) is 0. The van der Waals surface area contributed by atoms with Gasteiger partial charge in [0.2, 0.25) is 5.91 Å². The standard InChI is InChI=1S/C13H19ClN2O2S/c14-12-2-1-11(19-12)3-6-15-9-13(17)16-10-4-7-18-8-5-10/h1-2,10,15H,3-9H2,(H,16,17). The number of carbonyl (C=O) groups is 1. The molecule has 0 atom stereocenters. The van der Waals surface area contributed by atoms with Gasteiger partial charge in [-0.1, -0.05) is 11.6 Å². The zero-order chi connectivity index (χ0) is 13.5. The SMILES string of the molecule is O=C(CNCCc1ccc(Cl)s1)NC1CCOCC1. The number of hydrogen-bond donors (Lipinski definition) is 2. The summed E-state index contributed by atoms with van der Waals surface area (Å²) in [6, 6.07) is 4.20. The van der Waals surface area contributed by atoms with Crippen LogP contribution >= 0.6 is 22.9 Å². The van der Waals surface area contributed by atoms with E-state index in [1.54, 1.807) is 11.3 Å². The summed E-state index contributed by atoms with van der Waals surface area (Å²) in [4.78, 5) is 12.9. The summed E-state index contributed by atoms with van der Waals surface area (Å²) >= 11 is 7.44. The lowest BCUT2D eigenvalue weighted by Crippen LogP contribution is -2.43. The van der Waals surface area contributed by atoms with E-state index in [0.29, 0.717) is 6.54 Å². The molecule has 6 heteroatoms. The molecule has 4 nitrogen and oxygen atoms in total. The Morgan fingerprint density at radius 2 is 2.21 bits per heavy atom. The van der Waals surface area contributed by atoms with Crippen molar-refractivity contribution >= 4 is 28.8 Å². The lowest BCUT2D eigenvalue weighted by atomic mass is 10.1. The summed E-state index contributed by atoms with van der Waals surface area (Å²) in [6.45, 7) is 2.66. The fourth-order valence-electron chi connectivity index (χ4n) is 2.02. The summed E-state index contributed by atoms with van der Waals surface area (Å²) in [6.07, 6.45) is 2.74. The number of ether oxygens (including phenoxy) is 1. The number of hydrogen-bond acceptors (Lipinski definition) is 4. The first-order valence-electron chi connectivity index (χ1n) is 6.56. The quantitative estimate of drug-likeness (QED) is 0.788. The third-order valence-electron chi connectivity index (χ3n) is 3.05. The lowest BCUT2D eigenvalue weighted by Gasteiger charge is -2.23. The molecule has 1 aliphatic heterocycles. The van der Waals surface area contributed by atoms with Gasteiger partial charge in [-0.15, -0.1) is 11.3 Å². The normalized spacial score (nSPS) is 16.5. The Morgan fingerprint density at radius 1 is 1.42 bits per heavy atom. The minimum atomic E-state index is 0.0658. The molecule has 0 unspecified atom stereocenters. The van der Waals surface area contributed by atoms with Crippen LogP contribution in [0.4, 0.5) is 0 Å². The van der Waals surface area contributed by atoms with Gasteiger partial charge in [0.15, 0.2) is 0 Å². The maximum absolute atomic E-state index is 11.7. The van der Waals surface area contributed by atoms with Gasteiger partial charge in [0.05, 0.1) is 10.9 Å². The molecule has 2 N–H and O–H groups in total. The minimum absolute atomic E-state index is 0.0658. The van der Waals surface area contributed by atoms with Crippen molar-refractivity contribution in [3.63, 3.8) is 0 Å². The average Bonchev–Trinajstić information content (AvgIpc) is 2.82. The van der Waals surface area contributed by atoms with Gasteiger partial charge in [0, 0.05) is 30.7 Å². The molecule has 1 aromatic heterocycles. The molecule has 2 rings (SSSR count). The summed E-state index contributed by atoms with van der Waals surface area (Å²) in [7, 11) is 0. The van der Waals surface area contributed by atoms with E-state index in [1.807, 2.05) is 12.1 Å².